The van der Waals surface area contributed by atoms with Crippen LogP contribution in [0.25, 0.3) is 0 Å². The van der Waals surface area contributed by atoms with Gasteiger partial charge in [-0.2, -0.15) is 0 Å². The summed E-state index contributed by atoms with van der Waals surface area (Å²) < 4.78 is 0. The summed E-state index contributed by atoms with van der Waals surface area (Å²) in [7, 11) is 0. The highest BCUT2D eigenvalue weighted by Gasteiger charge is 2.31. The van der Waals surface area contributed by atoms with Crippen LogP contribution < -0.4 is 0 Å². The molecule has 1 fully saturated rings. The van der Waals surface area contributed by atoms with Crippen molar-refractivity contribution in [3.8, 4) is 0 Å². The number of nitrogens with zero attached hydrogens (tertiary/aromatic N) is 1. The zero-order chi connectivity index (χ0) is 12.1. The molecule has 1 amide bonds. The first-order valence-electron chi connectivity index (χ1n) is 5.72. The van der Waals surface area contributed by atoms with Crippen molar-refractivity contribution in [1.82, 2.24) is 4.90 Å². The number of hydrogen-bond acceptors (Lipinski definition) is 2. The lowest BCUT2D eigenvalue weighted by molar-refractivity contribution is -0.132. The Bertz CT molecular complexity index is 293. The van der Waals surface area contributed by atoms with Crippen LogP contribution in [0.3, 0.4) is 0 Å². The number of rotatable bonds is 6. The Morgan fingerprint density at radius 2 is 2.00 bits per heavy atom. The van der Waals surface area contributed by atoms with E-state index in [4.69, 9.17) is 5.11 Å². The van der Waals surface area contributed by atoms with Crippen LogP contribution in [0.2, 0.25) is 0 Å². The summed E-state index contributed by atoms with van der Waals surface area (Å²) in [5.41, 5.74) is 0. The van der Waals surface area contributed by atoms with Crippen molar-refractivity contribution in [1.29, 1.82) is 0 Å². The van der Waals surface area contributed by atoms with Crippen LogP contribution in [0.5, 0.6) is 0 Å². The van der Waals surface area contributed by atoms with Crippen LogP contribution in [0.4, 0.5) is 0 Å². The van der Waals surface area contributed by atoms with Gasteiger partial charge in [-0.15, -0.1) is 0 Å². The highest BCUT2D eigenvalue weighted by molar-refractivity contribution is 5.94. The highest BCUT2D eigenvalue weighted by atomic mass is 16.4. The van der Waals surface area contributed by atoms with Crippen molar-refractivity contribution >= 4 is 11.9 Å². The predicted octanol–water partition coefficient (Wildman–Crippen LogP) is 1.66. The fraction of sp³-hybridized carbons (Fsp3) is 0.667. The van der Waals surface area contributed by atoms with Crippen molar-refractivity contribution in [3.63, 3.8) is 0 Å². The Kier molecular flexibility index (Phi) is 4.52. The Labute approximate surface area is 95.9 Å². The zero-order valence-corrected chi connectivity index (χ0v) is 9.85. The van der Waals surface area contributed by atoms with Crippen LogP contribution in [-0.2, 0) is 9.59 Å². The molecule has 0 aliphatic heterocycles. The third-order valence-corrected chi connectivity index (χ3v) is 2.59. The molecule has 0 aromatic heterocycles. The Morgan fingerprint density at radius 3 is 2.44 bits per heavy atom. The largest absolute Gasteiger partial charge is 0.478 e. The molecule has 0 radical (unpaired) electrons. The average molecular weight is 225 g/mol. The lowest BCUT2D eigenvalue weighted by Crippen LogP contribution is -2.33. The summed E-state index contributed by atoms with van der Waals surface area (Å²) in [5, 5.41) is 8.46. The Morgan fingerprint density at radius 1 is 1.38 bits per heavy atom. The minimum Gasteiger partial charge on any atom is -0.478 e. The Hall–Kier alpha value is -1.32. The molecule has 0 aromatic carbocycles. The van der Waals surface area contributed by atoms with E-state index in [1.165, 1.54) is 0 Å². The molecule has 0 atom stereocenters. The molecule has 0 heterocycles. The first-order valence-corrected chi connectivity index (χ1v) is 5.72. The summed E-state index contributed by atoms with van der Waals surface area (Å²) in [6.45, 7) is 4.95. The Balaban J connectivity index is 2.49. The van der Waals surface area contributed by atoms with E-state index in [1.54, 1.807) is 4.90 Å². The second-order valence-electron chi connectivity index (χ2n) is 4.62. The maximum absolute atomic E-state index is 11.7. The molecule has 4 heteroatoms. The number of amides is 1. The van der Waals surface area contributed by atoms with Crippen molar-refractivity contribution in [2.75, 3.05) is 6.54 Å². The molecule has 0 saturated heterocycles. The van der Waals surface area contributed by atoms with Gasteiger partial charge in [0.25, 0.3) is 0 Å². The smallest absolute Gasteiger partial charge is 0.328 e. The number of carbonyl (C=O) groups excluding carboxylic acids is 1. The van der Waals surface area contributed by atoms with E-state index in [2.05, 4.69) is 13.8 Å². The van der Waals surface area contributed by atoms with Crippen LogP contribution in [0, 0.1) is 5.92 Å². The SMILES string of the molecule is CC(C)CCN(C(=O)/C=C/C(=O)O)C1CC1. The van der Waals surface area contributed by atoms with Gasteiger partial charge in [0.1, 0.15) is 0 Å². The lowest BCUT2D eigenvalue weighted by Gasteiger charge is -2.21. The van der Waals surface area contributed by atoms with Gasteiger partial charge in [0, 0.05) is 24.7 Å². The third-order valence-electron chi connectivity index (χ3n) is 2.59. The molecule has 1 N–H and O–H groups in total. The van der Waals surface area contributed by atoms with Crippen molar-refractivity contribution in [2.24, 2.45) is 5.92 Å². The van der Waals surface area contributed by atoms with Gasteiger partial charge in [-0.05, 0) is 25.2 Å². The minimum atomic E-state index is -1.08. The van der Waals surface area contributed by atoms with Crippen LogP contribution in [0.1, 0.15) is 33.1 Å². The maximum Gasteiger partial charge on any atom is 0.328 e. The molecular weight excluding hydrogens is 206 g/mol. The van der Waals surface area contributed by atoms with Gasteiger partial charge in [0.2, 0.25) is 5.91 Å². The summed E-state index contributed by atoms with van der Waals surface area (Å²) in [5.74, 6) is -0.698. The van der Waals surface area contributed by atoms with E-state index < -0.39 is 5.97 Å². The van der Waals surface area contributed by atoms with Gasteiger partial charge in [0.15, 0.2) is 0 Å². The number of carboxylic acid groups (broad SMARTS) is 1. The van der Waals surface area contributed by atoms with Gasteiger partial charge in [-0.25, -0.2) is 4.79 Å². The molecule has 16 heavy (non-hydrogen) atoms. The minimum absolute atomic E-state index is 0.175. The molecule has 0 spiro atoms. The third kappa shape index (κ3) is 4.47. The summed E-state index contributed by atoms with van der Waals surface area (Å²) in [6, 6.07) is 0.338. The molecule has 1 saturated carbocycles. The van der Waals surface area contributed by atoms with E-state index in [-0.39, 0.29) is 5.91 Å². The van der Waals surface area contributed by atoms with Gasteiger partial charge in [-0.3, -0.25) is 4.79 Å². The molecule has 1 aliphatic carbocycles. The summed E-state index contributed by atoms with van der Waals surface area (Å²) in [6.07, 6.45) is 5.12. The zero-order valence-electron chi connectivity index (χ0n) is 9.85. The van der Waals surface area contributed by atoms with Gasteiger partial charge >= 0.3 is 5.97 Å². The second-order valence-corrected chi connectivity index (χ2v) is 4.62. The van der Waals surface area contributed by atoms with E-state index in [9.17, 15) is 9.59 Å². The molecule has 0 bridgehead atoms. The van der Waals surface area contributed by atoms with Gasteiger partial charge in [0.05, 0.1) is 0 Å². The van der Waals surface area contributed by atoms with Crippen molar-refractivity contribution in [2.45, 2.75) is 39.2 Å². The van der Waals surface area contributed by atoms with Crippen LogP contribution in [-0.4, -0.2) is 34.5 Å². The first-order chi connectivity index (χ1) is 7.50. The van der Waals surface area contributed by atoms with Crippen LogP contribution in [0.15, 0.2) is 12.2 Å². The lowest BCUT2D eigenvalue weighted by atomic mass is 10.1. The van der Waals surface area contributed by atoms with Crippen molar-refractivity contribution in [3.05, 3.63) is 12.2 Å². The van der Waals surface area contributed by atoms with E-state index in [1.807, 2.05) is 0 Å². The van der Waals surface area contributed by atoms with Crippen molar-refractivity contribution < 1.29 is 14.7 Å². The predicted molar refractivity (Wildman–Crippen MR) is 61.0 cm³/mol. The standard InChI is InChI=1S/C12H19NO3/c1-9(2)7-8-13(10-3-4-10)11(14)5-6-12(15)16/h5-6,9-10H,3-4,7-8H2,1-2H3,(H,15,16)/b6-5+. The number of carboxylic acids is 1. The molecule has 4 nitrogen and oxygen atoms in total. The fourth-order valence-electron chi connectivity index (χ4n) is 1.49. The summed E-state index contributed by atoms with van der Waals surface area (Å²) in [4.78, 5) is 23.8. The fourth-order valence-corrected chi connectivity index (χ4v) is 1.49. The molecule has 0 aromatic rings. The quantitative estimate of drug-likeness (QED) is 0.699. The molecule has 90 valence electrons. The number of aliphatic carboxylic acids is 1. The topological polar surface area (TPSA) is 57.6 Å². The maximum atomic E-state index is 11.7. The van der Waals surface area contributed by atoms with E-state index >= 15 is 0 Å². The number of hydrogen-bond donors (Lipinski definition) is 1. The average Bonchev–Trinajstić information content (AvgIpc) is 2.98. The van der Waals surface area contributed by atoms with Gasteiger partial charge < -0.3 is 10.0 Å². The van der Waals surface area contributed by atoms with Crippen LogP contribution >= 0.6 is 0 Å². The summed E-state index contributed by atoms with van der Waals surface area (Å²) >= 11 is 0. The molecule has 1 aliphatic rings. The second kappa shape index (κ2) is 5.68. The first kappa shape index (κ1) is 12.7. The van der Waals surface area contributed by atoms with Gasteiger partial charge in [-0.1, -0.05) is 13.8 Å². The number of carbonyl (C=O) groups is 2. The molecular formula is C12H19NO3. The van der Waals surface area contributed by atoms with E-state index in [0.29, 0.717) is 12.0 Å². The monoisotopic (exact) mass is 225 g/mol. The van der Waals surface area contributed by atoms with E-state index in [0.717, 1.165) is 38.0 Å². The molecule has 0 unspecified atom stereocenters. The normalized spacial score (nSPS) is 15.7. The molecule has 1 rings (SSSR count). The highest BCUT2D eigenvalue weighted by Crippen LogP contribution is 2.27.